The molecule has 1 saturated heterocycles. The van der Waals surface area contributed by atoms with Gasteiger partial charge in [0.2, 0.25) is 0 Å². The number of hydrogen-bond acceptors (Lipinski definition) is 5. The van der Waals surface area contributed by atoms with E-state index in [1.807, 2.05) is 0 Å². The molecule has 1 heterocycles. The van der Waals surface area contributed by atoms with E-state index in [4.69, 9.17) is 10.5 Å². The van der Waals surface area contributed by atoms with Gasteiger partial charge in [0.1, 0.15) is 0 Å². The summed E-state index contributed by atoms with van der Waals surface area (Å²) in [5.74, 6) is -0.363. The Hall–Kier alpha value is -1.75. The number of anilines is 2. The molecule has 2 rings (SSSR count). The van der Waals surface area contributed by atoms with Crippen molar-refractivity contribution in [2.45, 2.75) is 19.3 Å². The Kier molecular flexibility index (Phi) is 5.24. The predicted octanol–water partition coefficient (Wildman–Crippen LogP) is 1.95. The molecule has 1 aromatic rings. The van der Waals surface area contributed by atoms with Crippen molar-refractivity contribution in [1.29, 1.82) is 0 Å². The quantitative estimate of drug-likeness (QED) is 0.636. The summed E-state index contributed by atoms with van der Waals surface area (Å²) in [7, 11) is 1.38. The van der Waals surface area contributed by atoms with Crippen molar-refractivity contribution in [3.05, 3.63) is 23.8 Å². The van der Waals surface area contributed by atoms with E-state index in [0.717, 1.165) is 26.2 Å². The number of nitrogens with two attached hydrogens (primary N) is 1. The van der Waals surface area contributed by atoms with Gasteiger partial charge in [-0.25, -0.2) is 4.79 Å². The van der Waals surface area contributed by atoms with Gasteiger partial charge in [0.25, 0.3) is 0 Å². The normalized spacial score (nSPS) is 15.8. The van der Waals surface area contributed by atoms with Crippen LogP contribution in [-0.2, 0) is 4.74 Å². The van der Waals surface area contributed by atoms with Crippen LogP contribution in [0.25, 0.3) is 0 Å². The molecule has 0 spiro atoms. The van der Waals surface area contributed by atoms with Crippen molar-refractivity contribution < 1.29 is 9.53 Å². The molecule has 0 radical (unpaired) electrons. The molecule has 0 aromatic heterocycles. The molecule has 0 amide bonds. The summed E-state index contributed by atoms with van der Waals surface area (Å²) in [6.07, 6.45) is 3.89. The molecule has 1 aliphatic heterocycles. The van der Waals surface area contributed by atoms with Crippen LogP contribution in [0.1, 0.15) is 29.6 Å². The van der Waals surface area contributed by atoms with Crippen molar-refractivity contribution in [3.8, 4) is 0 Å². The van der Waals surface area contributed by atoms with Gasteiger partial charge in [0.05, 0.1) is 24.0 Å². The van der Waals surface area contributed by atoms with E-state index in [2.05, 4.69) is 10.2 Å². The lowest BCUT2D eigenvalue weighted by Gasteiger charge is -2.26. The van der Waals surface area contributed by atoms with Crippen LogP contribution in [-0.4, -0.2) is 44.2 Å². The van der Waals surface area contributed by atoms with E-state index in [9.17, 15) is 4.79 Å². The van der Waals surface area contributed by atoms with Crippen molar-refractivity contribution in [1.82, 2.24) is 4.90 Å². The summed E-state index contributed by atoms with van der Waals surface area (Å²) in [6.45, 7) is 4.07. The molecule has 20 heavy (non-hydrogen) atoms. The first kappa shape index (κ1) is 14.7. The van der Waals surface area contributed by atoms with Gasteiger partial charge in [0, 0.05) is 13.1 Å². The first-order valence-electron chi connectivity index (χ1n) is 7.15. The standard InChI is InChI=1S/C15H23N3O2/c1-20-15(19)12-6-5-7-13(16)14(12)17-8-11-18-9-3-2-4-10-18/h5-7,17H,2-4,8-11,16H2,1H3. The second-order valence-corrected chi connectivity index (χ2v) is 5.09. The minimum atomic E-state index is -0.363. The van der Waals surface area contributed by atoms with E-state index in [1.165, 1.54) is 26.4 Å². The fraction of sp³-hybridized carbons (Fsp3) is 0.533. The third kappa shape index (κ3) is 3.63. The number of nitrogens with zero attached hydrogens (tertiary/aromatic N) is 1. The lowest BCUT2D eigenvalue weighted by molar-refractivity contribution is 0.0602. The number of nitrogen functional groups attached to an aromatic ring is 1. The number of benzene rings is 1. The molecule has 1 aromatic carbocycles. The maximum Gasteiger partial charge on any atom is 0.340 e. The molecule has 5 heteroatoms. The van der Waals surface area contributed by atoms with Crippen molar-refractivity contribution in [2.24, 2.45) is 0 Å². The number of carbonyl (C=O) groups excluding carboxylic acids is 1. The van der Waals surface area contributed by atoms with Gasteiger partial charge in [-0.3, -0.25) is 0 Å². The number of carbonyl (C=O) groups is 1. The van der Waals surface area contributed by atoms with Gasteiger partial charge in [-0.2, -0.15) is 0 Å². The van der Waals surface area contributed by atoms with E-state index in [0.29, 0.717) is 16.9 Å². The second kappa shape index (κ2) is 7.14. The van der Waals surface area contributed by atoms with Crippen LogP contribution in [0.3, 0.4) is 0 Å². The number of piperidine rings is 1. The van der Waals surface area contributed by atoms with Crippen molar-refractivity contribution in [2.75, 3.05) is 44.3 Å². The molecule has 1 aliphatic rings. The Morgan fingerprint density at radius 1 is 1.35 bits per heavy atom. The largest absolute Gasteiger partial charge is 0.465 e. The predicted molar refractivity (Wildman–Crippen MR) is 81.0 cm³/mol. The number of para-hydroxylation sites is 1. The molecule has 0 unspecified atom stereocenters. The SMILES string of the molecule is COC(=O)c1cccc(N)c1NCCN1CCCCC1. The van der Waals surface area contributed by atoms with Gasteiger partial charge in [-0.05, 0) is 38.1 Å². The Bertz CT molecular complexity index is 456. The van der Waals surface area contributed by atoms with Crippen LogP contribution >= 0.6 is 0 Å². The Morgan fingerprint density at radius 3 is 2.80 bits per heavy atom. The Labute approximate surface area is 120 Å². The zero-order chi connectivity index (χ0) is 14.4. The van der Waals surface area contributed by atoms with Crippen LogP contribution < -0.4 is 11.1 Å². The van der Waals surface area contributed by atoms with E-state index in [-0.39, 0.29) is 5.97 Å². The van der Waals surface area contributed by atoms with Crippen molar-refractivity contribution in [3.63, 3.8) is 0 Å². The summed E-state index contributed by atoms with van der Waals surface area (Å²) < 4.78 is 4.78. The van der Waals surface area contributed by atoms with Gasteiger partial charge < -0.3 is 20.7 Å². The molecule has 0 aliphatic carbocycles. The summed E-state index contributed by atoms with van der Waals surface area (Å²) >= 11 is 0. The fourth-order valence-electron chi connectivity index (χ4n) is 2.57. The zero-order valence-corrected chi connectivity index (χ0v) is 12.0. The minimum absolute atomic E-state index is 0.363. The number of likely N-dealkylation sites (tertiary alicyclic amines) is 1. The topological polar surface area (TPSA) is 67.6 Å². The van der Waals surface area contributed by atoms with Crippen LogP contribution in [0.5, 0.6) is 0 Å². The van der Waals surface area contributed by atoms with E-state index < -0.39 is 0 Å². The maximum absolute atomic E-state index is 11.7. The number of esters is 1. The van der Waals surface area contributed by atoms with Gasteiger partial charge in [-0.1, -0.05) is 12.5 Å². The highest BCUT2D eigenvalue weighted by atomic mass is 16.5. The molecule has 110 valence electrons. The second-order valence-electron chi connectivity index (χ2n) is 5.09. The number of methoxy groups -OCH3 is 1. The first-order valence-corrected chi connectivity index (χ1v) is 7.15. The Morgan fingerprint density at radius 2 is 2.10 bits per heavy atom. The third-order valence-corrected chi connectivity index (χ3v) is 3.68. The van der Waals surface area contributed by atoms with Gasteiger partial charge in [-0.15, -0.1) is 0 Å². The molecule has 0 saturated carbocycles. The highest BCUT2D eigenvalue weighted by Gasteiger charge is 2.14. The van der Waals surface area contributed by atoms with Crippen molar-refractivity contribution >= 4 is 17.3 Å². The smallest absolute Gasteiger partial charge is 0.340 e. The summed E-state index contributed by atoms with van der Waals surface area (Å²) in [6, 6.07) is 5.28. The average Bonchev–Trinajstić information content (AvgIpc) is 2.49. The zero-order valence-electron chi connectivity index (χ0n) is 12.0. The number of rotatable bonds is 5. The van der Waals surface area contributed by atoms with Crippen LogP contribution in [0.15, 0.2) is 18.2 Å². The number of ether oxygens (including phenoxy) is 1. The van der Waals surface area contributed by atoms with Crippen LogP contribution in [0.2, 0.25) is 0 Å². The van der Waals surface area contributed by atoms with Crippen LogP contribution in [0.4, 0.5) is 11.4 Å². The number of hydrogen-bond donors (Lipinski definition) is 2. The highest BCUT2D eigenvalue weighted by molar-refractivity contribution is 5.98. The Balaban J connectivity index is 1.95. The summed E-state index contributed by atoms with van der Waals surface area (Å²) in [4.78, 5) is 14.2. The molecule has 3 N–H and O–H groups in total. The molecule has 0 bridgehead atoms. The van der Waals surface area contributed by atoms with E-state index in [1.54, 1.807) is 18.2 Å². The first-order chi connectivity index (χ1) is 9.72. The highest BCUT2D eigenvalue weighted by Crippen LogP contribution is 2.24. The minimum Gasteiger partial charge on any atom is -0.465 e. The monoisotopic (exact) mass is 277 g/mol. The number of nitrogens with one attached hydrogen (secondary N) is 1. The average molecular weight is 277 g/mol. The molecular formula is C15H23N3O2. The van der Waals surface area contributed by atoms with Gasteiger partial charge >= 0.3 is 5.97 Å². The lowest BCUT2D eigenvalue weighted by Crippen LogP contribution is -2.34. The lowest BCUT2D eigenvalue weighted by atomic mass is 10.1. The molecule has 5 nitrogen and oxygen atoms in total. The maximum atomic E-state index is 11.7. The van der Waals surface area contributed by atoms with Gasteiger partial charge in [0.15, 0.2) is 0 Å². The molecular weight excluding hydrogens is 254 g/mol. The molecule has 1 fully saturated rings. The summed E-state index contributed by atoms with van der Waals surface area (Å²) in [5, 5.41) is 3.28. The molecule has 0 atom stereocenters. The fourth-order valence-corrected chi connectivity index (χ4v) is 2.57. The summed E-state index contributed by atoms with van der Waals surface area (Å²) in [5.41, 5.74) is 7.69. The van der Waals surface area contributed by atoms with E-state index >= 15 is 0 Å². The third-order valence-electron chi connectivity index (χ3n) is 3.68. The van der Waals surface area contributed by atoms with Crippen LogP contribution in [0, 0.1) is 0 Å².